The van der Waals surface area contributed by atoms with E-state index < -0.39 is 9.84 Å². The third-order valence-electron chi connectivity index (χ3n) is 5.99. The standard InChI is InChI=1S/C23H29N3O5S/c1-16-20(17(2)26(24-16)19-9-12-32(28,29)15-19)14-25(3)23(27)8-6-18-5-7-21-22(13-18)31-11-4-10-30-21/h5-8,13,19H,4,9-12,14-15H2,1-3H3. The van der Waals surface area contributed by atoms with Crippen molar-refractivity contribution in [2.45, 2.75) is 39.3 Å². The predicted octanol–water partition coefficient (Wildman–Crippen LogP) is 2.69. The van der Waals surface area contributed by atoms with Crippen LogP contribution >= 0.6 is 0 Å². The molecule has 2 aliphatic rings. The van der Waals surface area contributed by atoms with Crippen molar-refractivity contribution in [2.24, 2.45) is 0 Å². The average Bonchev–Trinajstić information content (AvgIpc) is 3.13. The highest BCUT2D eigenvalue weighted by molar-refractivity contribution is 7.91. The van der Waals surface area contributed by atoms with Gasteiger partial charge in [0.05, 0.1) is 36.5 Å². The molecular weight excluding hydrogens is 430 g/mol. The van der Waals surface area contributed by atoms with Gasteiger partial charge < -0.3 is 14.4 Å². The summed E-state index contributed by atoms with van der Waals surface area (Å²) in [6, 6.07) is 5.50. The summed E-state index contributed by atoms with van der Waals surface area (Å²) in [5, 5.41) is 4.58. The van der Waals surface area contributed by atoms with E-state index in [2.05, 4.69) is 5.10 Å². The zero-order chi connectivity index (χ0) is 22.9. The van der Waals surface area contributed by atoms with Crippen LogP contribution in [-0.4, -0.2) is 60.8 Å². The highest BCUT2D eigenvalue weighted by Gasteiger charge is 2.31. The van der Waals surface area contributed by atoms with Crippen LogP contribution in [0, 0.1) is 13.8 Å². The molecule has 0 N–H and O–H groups in total. The molecule has 1 aromatic heterocycles. The van der Waals surface area contributed by atoms with Crippen molar-refractivity contribution in [3.05, 3.63) is 46.8 Å². The fourth-order valence-electron chi connectivity index (χ4n) is 4.14. The first-order valence-corrected chi connectivity index (χ1v) is 12.6. The van der Waals surface area contributed by atoms with Crippen LogP contribution in [0.1, 0.15) is 41.4 Å². The van der Waals surface area contributed by atoms with Gasteiger partial charge in [0.15, 0.2) is 21.3 Å². The maximum absolute atomic E-state index is 12.7. The molecule has 4 rings (SSSR count). The van der Waals surface area contributed by atoms with Gasteiger partial charge in [-0.05, 0) is 44.0 Å². The topological polar surface area (TPSA) is 90.7 Å². The summed E-state index contributed by atoms with van der Waals surface area (Å²) in [4.78, 5) is 14.3. The van der Waals surface area contributed by atoms with Crippen LogP contribution in [-0.2, 0) is 21.2 Å². The molecule has 0 radical (unpaired) electrons. The van der Waals surface area contributed by atoms with E-state index in [0.717, 1.165) is 34.7 Å². The number of hydrogen-bond acceptors (Lipinski definition) is 6. The number of hydrogen-bond donors (Lipinski definition) is 0. The van der Waals surface area contributed by atoms with Crippen LogP contribution in [0.3, 0.4) is 0 Å². The highest BCUT2D eigenvalue weighted by atomic mass is 32.2. The Labute approximate surface area is 188 Å². The van der Waals surface area contributed by atoms with Crippen LogP contribution < -0.4 is 9.47 Å². The number of nitrogens with zero attached hydrogens (tertiary/aromatic N) is 3. The fraction of sp³-hybridized carbons (Fsp3) is 0.478. The molecule has 1 aromatic carbocycles. The van der Waals surface area contributed by atoms with Crippen LogP contribution in [0.4, 0.5) is 0 Å². The molecule has 0 bridgehead atoms. The Morgan fingerprint density at radius 2 is 2.00 bits per heavy atom. The van der Waals surface area contributed by atoms with E-state index in [4.69, 9.17) is 9.47 Å². The number of carbonyl (C=O) groups is 1. The van der Waals surface area contributed by atoms with Crippen molar-refractivity contribution in [3.63, 3.8) is 0 Å². The third kappa shape index (κ3) is 4.82. The van der Waals surface area contributed by atoms with Crippen LogP contribution in [0.5, 0.6) is 11.5 Å². The van der Waals surface area contributed by atoms with Crippen molar-refractivity contribution in [2.75, 3.05) is 31.8 Å². The molecule has 0 spiro atoms. The van der Waals surface area contributed by atoms with Gasteiger partial charge in [-0.25, -0.2) is 8.42 Å². The lowest BCUT2D eigenvalue weighted by Crippen LogP contribution is -2.24. The van der Waals surface area contributed by atoms with Crippen molar-refractivity contribution < 1.29 is 22.7 Å². The number of likely N-dealkylation sites (N-methyl/N-ethyl adjacent to an activating group) is 1. The van der Waals surface area contributed by atoms with Gasteiger partial charge in [-0.2, -0.15) is 5.10 Å². The summed E-state index contributed by atoms with van der Waals surface area (Å²) in [6.07, 6.45) is 4.73. The van der Waals surface area contributed by atoms with Crippen molar-refractivity contribution in [1.29, 1.82) is 0 Å². The lowest BCUT2D eigenvalue weighted by atomic mass is 10.1. The molecule has 1 saturated heterocycles. The number of rotatable bonds is 5. The van der Waals surface area contributed by atoms with Crippen LogP contribution in [0.15, 0.2) is 24.3 Å². The minimum Gasteiger partial charge on any atom is -0.490 e. The number of benzene rings is 1. The van der Waals surface area contributed by atoms with Gasteiger partial charge in [-0.3, -0.25) is 9.48 Å². The molecule has 32 heavy (non-hydrogen) atoms. The monoisotopic (exact) mass is 459 g/mol. The maximum atomic E-state index is 12.7. The zero-order valence-electron chi connectivity index (χ0n) is 18.7. The first kappa shape index (κ1) is 22.4. The number of aromatic nitrogens is 2. The van der Waals surface area contributed by atoms with Crippen LogP contribution in [0.2, 0.25) is 0 Å². The van der Waals surface area contributed by atoms with E-state index in [1.54, 1.807) is 18.0 Å². The molecule has 0 saturated carbocycles. The van der Waals surface area contributed by atoms with Gasteiger partial charge in [-0.1, -0.05) is 6.07 Å². The Morgan fingerprint density at radius 3 is 2.72 bits per heavy atom. The second kappa shape index (κ2) is 8.97. The smallest absolute Gasteiger partial charge is 0.246 e. The number of amides is 1. The summed E-state index contributed by atoms with van der Waals surface area (Å²) in [6.45, 7) is 5.49. The molecule has 1 unspecified atom stereocenters. The number of fused-ring (bicyclic) bond motifs is 1. The summed E-state index contributed by atoms with van der Waals surface area (Å²) < 4.78 is 36.9. The number of carbonyl (C=O) groups excluding carboxylic acids is 1. The summed E-state index contributed by atoms with van der Waals surface area (Å²) in [7, 11) is -1.25. The van der Waals surface area contributed by atoms with Gasteiger partial charge in [-0.15, -0.1) is 0 Å². The second-order valence-electron chi connectivity index (χ2n) is 8.44. The molecule has 2 aliphatic heterocycles. The largest absolute Gasteiger partial charge is 0.490 e. The molecule has 1 fully saturated rings. The number of aryl methyl sites for hydroxylation is 1. The van der Waals surface area contributed by atoms with Crippen LogP contribution in [0.25, 0.3) is 6.08 Å². The van der Waals surface area contributed by atoms with E-state index in [1.807, 2.05) is 36.7 Å². The quantitative estimate of drug-likeness (QED) is 0.639. The molecular formula is C23H29N3O5S. The zero-order valence-corrected chi connectivity index (χ0v) is 19.5. The molecule has 9 heteroatoms. The lowest BCUT2D eigenvalue weighted by molar-refractivity contribution is -0.125. The molecule has 172 valence electrons. The molecule has 2 aromatic rings. The fourth-order valence-corrected chi connectivity index (χ4v) is 5.83. The Balaban J connectivity index is 1.43. The highest BCUT2D eigenvalue weighted by Crippen LogP contribution is 2.31. The third-order valence-corrected chi connectivity index (χ3v) is 7.74. The first-order valence-electron chi connectivity index (χ1n) is 10.8. The van der Waals surface area contributed by atoms with Crippen molar-refractivity contribution in [3.8, 4) is 11.5 Å². The average molecular weight is 460 g/mol. The summed E-state index contributed by atoms with van der Waals surface area (Å²) in [5.74, 6) is 1.61. The molecule has 3 heterocycles. The normalized spacial score (nSPS) is 19.8. The Kier molecular flexibility index (Phi) is 6.28. The van der Waals surface area contributed by atoms with E-state index in [9.17, 15) is 13.2 Å². The Morgan fingerprint density at radius 1 is 1.25 bits per heavy atom. The maximum Gasteiger partial charge on any atom is 0.246 e. The number of ether oxygens (including phenoxy) is 2. The molecule has 8 nitrogen and oxygen atoms in total. The van der Waals surface area contributed by atoms with Gasteiger partial charge in [0, 0.05) is 37.3 Å². The van der Waals surface area contributed by atoms with E-state index in [0.29, 0.717) is 31.9 Å². The molecule has 0 aliphatic carbocycles. The van der Waals surface area contributed by atoms with Crippen molar-refractivity contribution in [1.82, 2.24) is 14.7 Å². The van der Waals surface area contributed by atoms with Gasteiger partial charge in [0.2, 0.25) is 5.91 Å². The Bertz CT molecular complexity index is 1150. The van der Waals surface area contributed by atoms with E-state index in [-0.39, 0.29) is 23.5 Å². The van der Waals surface area contributed by atoms with E-state index >= 15 is 0 Å². The SMILES string of the molecule is Cc1nn(C2CCS(=O)(=O)C2)c(C)c1CN(C)C(=O)C=Cc1ccc2c(c1)OCCCO2. The Hall–Kier alpha value is -2.81. The summed E-state index contributed by atoms with van der Waals surface area (Å²) >= 11 is 0. The molecule has 1 amide bonds. The summed E-state index contributed by atoms with van der Waals surface area (Å²) in [5.41, 5.74) is 3.54. The molecule has 1 atom stereocenters. The minimum atomic E-state index is -2.99. The first-order chi connectivity index (χ1) is 15.2. The second-order valence-corrected chi connectivity index (χ2v) is 10.7. The predicted molar refractivity (Wildman–Crippen MR) is 122 cm³/mol. The van der Waals surface area contributed by atoms with E-state index in [1.165, 1.54) is 6.08 Å². The van der Waals surface area contributed by atoms with Gasteiger partial charge >= 0.3 is 0 Å². The van der Waals surface area contributed by atoms with Crippen molar-refractivity contribution >= 4 is 21.8 Å². The minimum absolute atomic E-state index is 0.126. The van der Waals surface area contributed by atoms with Gasteiger partial charge in [0.1, 0.15) is 0 Å². The number of sulfone groups is 1. The lowest BCUT2D eigenvalue weighted by Gasteiger charge is -2.16. The van der Waals surface area contributed by atoms with Gasteiger partial charge in [0.25, 0.3) is 0 Å².